The van der Waals surface area contributed by atoms with Crippen LogP contribution in [0.4, 0.5) is 0 Å². The summed E-state index contributed by atoms with van der Waals surface area (Å²) < 4.78 is 26.0. The van der Waals surface area contributed by atoms with E-state index in [1.165, 1.54) is 6.26 Å². The Balaban J connectivity index is 1.61. The lowest BCUT2D eigenvalue weighted by Crippen LogP contribution is -2.36. The Labute approximate surface area is 183 Å². The Morgan fingerprint density at radius 3 is 2.58 bits per heavy atom. The van der Waals surface area contributed by atoms with E-state index in [-0.39, 0.29) is 12.5 Å². The molecular weight excluding hydrogens is 416 g/mol. The Bertz CT molecular complexity index is 1080. The van der Waals surface area contributed by atoms with E-state index in [1.54, 1.807) is 0 Å². The van der Waals surface area contributed by atoms with Crippen LogP contribution < -0.4 is 5.32 Å². The minimum atomic E-state index is -3.54. The van der Waals surface area contributed by atoms with E-state index in [1.807, 2.05) is 23.1 Å². The first-order chi connectivity index (χ1) is 14.8. The highest BCUT2D eigenvalue weighted by Crippen LogP contribution is 2.33. The zero-order chi connectivity index (χ0) is 22.0. The van der Waals surface area contributed by atoms with Crippen LogP contribution in [0.15, 0.2) is 24.3 Å². The maximum atomic E-state index is 12.4. The minimum Gasteiger partial charge on any atom is -0.480 e. The van der Waals surface area contributed by atoms with Crippen LogP contribution in [0.5, 0.6) is 0 Å². The van der Waals surface area contributed by atoms with Crippen LogP contribution in [0, 0.1) is 5.92 Å². The zero-order valence-corrected chi connectivity index (χ0v) is 18.6. The van der Waals surface area contributed by atoms with Gasteiger partial charge in [0.2, 0.25) is 0 Å². The second-order valence-corrected chi connectivity index (χ2v) is 10.5. The second-order valence-electron chi connectivity index (χ2n) is 8.66. The first kappa shape index (κ1) is 22.0. The molecule has 0 bridgehead atoms. The largest absolute Gasteiger partial charge is 0.480 e. The third-order valence-corrected chi connectivity index (χ3v) is 7.20. The van der Waals surface area contributed by atoms with E-state index >= 15 is 0 Å². The van der Waals surface area contributed by atoms with Gasteiger partial charge in [-0.05, 0) is 69.4 Å². The summed E-state index contributed by atoms with van der Waals surface area (Å²) in [6, 6.07) is 5.91. The summed E-state index contributed by atoms with van der Waals surface area (Å²) in [5.41, 5.74) is 2.38. The Hall–Kier alpha value is -2.23. The summed E-state index contributed by atoms with van der Waals surface area (Å²) in [5.74, 6) is -0.162. The van der Waals surface area contributed by atoms with Crippen LogP contribution in [0.25, 0.3) is 17.0 Å². The molecule has 0 radical (unpaired) electrons. The molecule has 3 heterocycles. The van der Waals surface area contributed by atoms with E-state index in [0.717, 1.165) is 59.5 Å². The average molecular weight is 447 g/mol. The quantitative estimate of drug-likeness (QED) is 0.700. The Morgan fingerprint density at radius 2 is 1.94 bits per heavy atom. The molecule has 0 saturated carbocycles. The first-order valence-corrected chi connectivity index (χ1v) is 12.7. The minimum absolute atomic E-state index is 0.0397. The fraction of sp³-hybridized carbons (Fsp3) is 0.545. The van der Waals surface area contributed by atoms with E-state index in [9.17, 15) is 13.2 Å². The second kappa shape index (κ2) is 9.10. The first-order valence-electron chi connectivity index (χ1n) is 10.9. The van der Waals surface area contributed by atoms with Gasteiger partial charge in [-0.1, -0.05) is 24.3 Å². The van der Waals surface area contributed by atoms with Crippen molar-refractivity contribution in [3.05, 3.63) is 35.5 Å². The number of piperidine rings is 2. The molecule has 9 heteroatoms. The van der Waals surface area contributed by atoms with Crippen molar-refractivity contribution in [2.24, 2.45) is 5.92 Å². The fourth-order valence-electron chi connectivity index (χ4n) is 4.63. The Kier molecular flexibility index (Phi) is 6.45. The van der Waals surface area contributed by atoms with Gasteiger partial charge in [-0.15, -0.1) is 0 Å². The SMILES string of the molecule is CS(=O)(=O)n1nc(C2CCN(CC(=O)O)CC2)c2ccc(C=CC3CCNCC3)cc21. The molecular formula is C22H30N4O4S. The molecule has 1 aromatic carbocycles. The van der Waals surface area contributed by atoms with Crippen molar-refractivity contribution in [3.63, 3.8) is 0 Å². The standard InChI is InChI=1S/C22H30N4O4S/c1-31(29,30)26-20-14-17(3-2-16-6-10-23-11-7-16)4-5-19(20)22(24-26)18-8-12-25(13-9-18)15-21(27)28/h2-5,14,16,18,23H,6-13,15H2,1H3,(H,27,28). The molecule has 0 aliphatic carbocycles. The number of aliphatic carboxylic acids is 1. The van der Waals surface area contributed by atoms with Crippen molar-refractivity contribution in [3.8, 4) is 0 Å². The average Bonchev–Trinajstić information content (AvgIpc) is 3.12. The number of benzene rings is 1. The highest BCUT2D eigenvalue weighted by Gasteiger charge is 2.27. The molecule has 1 aromatic heterocycles. The summed E-state index contributed by atoms with van der Waals surface area (Å²) in [6.07, 6.45) is 9.24. The van der Waals surface area contributed by atoms with Crippen molar-refractivity contribution in [1.29, 1.82) is 0 Å². The summed E-state index contributed by atoms with van der Waals surface area (Å²) in [6.45, 7) is 3.44. The van der Waals surface area contributed by atoms with Gasteiger partial charge in [0.15, 0.2) is 0 Å². The van der Waals surface area contributed by atoms with Crippen LogP contribution in [0.1, 0.15) is 42.9 Å². The number of nitrogens with zero attached hydrogens (tertiary/aromatic N) is 3. The van der Waals surface area contributed by atoms with Gasteiger partial charge in [0.25, 0.3) is 10.0 Å². The van der Waals surface area contributed by atoms with Crippen LogP contribution in [0.2, 0.25) is 0 Å². The molecule has 0 spiro atoms. The number of allylic oxidation sites excluding steroid dienone is 1. The zero-order valence-electron chi connectivity index (χ0n) is 17.8. The number of nitrogens with one attached hydrogen (secondary N) is 1. The van der Waals surface area contributed by atoms with Gasteiger partial charge in [0.05, 0.1) is 24.0 Å². The van der Waals surface area contributed by atoms with Crippen molar-refractivity contribution in [2.45, 2.75) is 31.6 Å². The van der Waals surface area contributed by atoms with Gasteiger partial charge in [-0.25, -0.2) is 8.42 Å². The molecule has 168 valence electrons. The normalized spacial score (nSPS) is 20.0. The number of carbonyl (C=O) groups is 1. The summed E-state index contributed by atoms with van der Waals surface area (Å²) in [5, 5.41) is 17.8. The highest BCUT2D eigenvalue weighted by atomic mass is 32.2. The van der Waals surface area contributed by atoms with Crippen LogP contribution in [0.3, 0.4) is 0 Å². The molecule has 2 fully saturated rings. The monoisotopic (exact) mass is 446 g/mol. The maximum Gasteiger partial charge on any atom is 0.317 e. The maximum absolute atomic E-state index is 12.4. The number of aromatic nitrogens is 2. The molecule has 8 nitrogen and oxygen atoms in total. The molecule has 0 unspecified atom stereocenters. The highest BCUT2D eigenvalue weighted by molar-refractivity contribution is 7.89. The van der Waals surface area contributed by atoms with Gasteiger partial charge in [0, 0.05) is 11.3 Å². The smallest absolute Gasteiger partial charge is 0.317 e. The van der Waals surface area contributed by atoms with Crippen LogP contribution in [-0.4, -0.2) is 72.6 Å². The van der Waals surface area contributed by atoms with E-state index < -0.39 is 16.0 Å². The molecule has 4 rings (SSSR count). The third-order valence-electron chi connectivity index (χ3n) is 6.29. The lowest BCUT2D eigenvalue weighted by Gasteiger charge is -2.30. The van der Waals surface area contributed by atoms with E-state index in [2.05, 4.69) is 22.6 Å². The predicted octanol–water partition coefficient (Wildman–Crippen LogP) is 2.12. The third kappa shape index (κ3) is 5.16. The van der Waals surface area contributed by atoms with Crippen molar-refractivity contribution in [2.75, 3.05) is 39.0 Å². The number of hydrogen-bond acceptors (Lipinski definition) is 6. The van der Waals surface area contributed by atoms with Gasteiger partial charge in [-0.2, -0.15) is 9.19 Å². The number of hydrogen-bond donors (Lipinski definition) is 2. The molecule has 31 heavy (non-hydrogen) atoms. The molecule has 2 aromatic rings. The van der Waals surface area contributed by atoms with Gasteiger partial charge >= 0.3 is 5.97 Å². The Morgan fingerprint density at radius 1 is 1.23 bits per heavy atom. The number of carboxylic acid groups (broad SMARTS) is 1. The van der Waals surface area contributed by atoms with Gasteiger partial charge in [-0.3, -0.25) is 9.69 Å². The summed E-state index contributed by atoms with van der Waals surface area (Å²) in [7, 11) is -3.54. The number of carboxylic acids is 1. The lowest BCUT2D eigenvalue weighted by molar-refractivity contribution is -0.138. The molecule has 2 saturated heterocycles. The van der Waals surface area contributed by atoms with Crippen molar-refractivity contribution in [1.82, 2.24) is 19.4 Å². The van der Waals surface area contributed by atoms with Crippen molar-refractivity contribution < 1.29 is 18.3 Å². The molecule has 2 N–H and O–H groups in total. The van der Waals surface area contributed by atoms with Crippen LogP contribution >= 0.6 is 0 Å². The molecule has 2 aliphatic rings. The number of likely N-dealkylation sites (tertiary alicyclic amines) is 1. The lowest BCUT2D eigenvalue weighted by atomic mass is 9.91. The number of fused-ring (bicyclic) bond motifs is 1. The molecule has 0 amide bonds. The summed E-state index contributed by atoms with van der Waals surface area (Å²) in [4.78, 5) is 12.9. The predicted molar refractivity (Wildman–Crippen MR) is 121 cm³/mol. The van der Waals surface area contributed by atoms with Gasteiger partial charge in [0.1, 0.15) is 0 Å². The van der Waals surface area contributed by atoms with Gasteiger partial charge < -0.3 is 10.4 Å². The molecule has 0 atom stereocenters. The van der Waals surface area contributed by atoms with E-state index in [4.69, 9.17) is 5.11 Å². The summed E-state index contributed by atoms with van der Waals surface area (Å²) >= 11 is 0. The van der Waals surface area contributed by atoms with Crippen LogP contribution in [-0.2, 0) is 14.8 Å². The van der Waals surface area contributed by atoms with E-state index in [0.29, 0.717) is 24.5 Å². The number of rotatable bonds is 6. The van der Waals surface area contributed by atoms with Crippen molar-refractivity contribution >= 4 is 33.0 Å². The molecule has 2 aliphatic heterocycles. The topological polar surface area (TPSA) is 105 Å². The fourth-order valence-corrected chi connectivity index (χ4v) is 5.37.